The van der Waals surface area contributed by atoms with Crippen LogP contribution >= 0.6 is 0 Å². The molecule has 2 saturated heterocycles. The molecule has 6 nitrogen and oxygen atoms in total. The highest BCUT2D eigenvalue weighted by Crippen LogP contribution is 2.31. The third-order valence-corrected chi connectivity index (χ3v) is 7.37. The van der Waals surface area contributed by atoms with E-state index in [0.29, 0.717) is 17.9 Å². The first-order valence-corrected chi connectivity index (χ1v) is 10.4. The summed E-state index contributed by atoms with van der Waals surface area (Å²) < 4.78 is 33.0. The highest BCUT2D eigenvalue weighted by molar-refractivity contribution is 7.89. The van der Waals surface area contributed by atoms with Gasteiger partial charge in [-0.3, -0.25) is 4.90 Å². The Morgan fingerprint density at radius 2 is 1.76 bits per heavy atom. The molecule has 3 rings (SSSR count). The van der Waals surface area contributed by atoms with Gasteiger partial charge in [0.15, 0.2) is 0 Å². The summed E-state index contributed by atoms with van der Waals surface area (Å²) in [5.74, 6) is 0.566. The SMILES string of the molecule is COc1cc(S(=O)(=O)N2C[C@H](O)[C@@H](N3CCCCC3)C2)c(C)cc1C. The van der Waals surface area contributed by atoms with Crippen LogP contribution in [0.3, 0.4) is 0 Å². The van der Waals surface area contributed by atoms with Crippen molar-refractivity contribution >= 4 is 10.0 Å². The number of aliphatic hydroxyl groups is 1. The maximum Gasteiger partial charge on any atom is 0.243 e. The number of benzene rings is 1. The molecule has 1 aromatic rings. The van der Waals surface area contributed by atoms with E-state index in [-0.39, 0.29) is 17.5 Å². The molecule has 0 radical (unpaired) electrons. The number of nitrogens with zero attached hydrogens (tertiary/aromatic N) is 2. The van der Waals surface area contributed by atoms with E-state index in [9.17, 15) is 13.5 Å². The predicted molar refractivity (Wildman–Crippen MR) is 96.4 cm³/mol. The molecule has 0 amide bonds. The molecule has 25 heavy (non-hydrogen) atoms. The molecule has 0 aromatic heterocycles. The van der Waals surface area contributed by atoms with Gasteiger partial charge in [0.2, 0.25) is 10.0 Å². The van der Waals surface area contributed by atoms with E-state index in [4.69, 9.17) is 4.74 Å². The van der Waals surface area contributed by atoms with E-state index in [1.807, 2.05) is 13.0 Å². The Balaban J connectivity index is 1.86. The maximum atomic E-state index is 13.1. The van der Waals surface area contributed by atoms with Gasteiger partial charge in [-0.2, -0.15) is 4.31 Å². The zero-order valence-corrected chi connectivity index (χ0v) is 16.1. The predicted octanol–water partition coefficient (Wildman–Crippen LogP) is 1.53. The van der Waals surface area contributed by atoms with Gasteiger partial charge in [-0.25, -0.2) is 8.42 Å². The summed E-state index contributed by atoms with van der Waals surface area (Å²) in [5, 5.41) is 10.5. The Morgan fingerprint density at radius 3 is 2.40 bits per heavy atom. The lowest BCUT2D eigenvalue weighted by Crippen LogP contribution is -2.46. The zero-order chi connectivity index (χ0) is 18.2. The first kappa shape index (κ1) is 18.6. The maximum absolute atomic E-state index is 13.1. The molecule has 2 heterocycles. The second-order valence-corrected chi connectivity index (χ2v) is 9.05. The van der Waals surface area contributed by atoms with E-state index in [1.54, 1.807) is 20.1 Å². The van der Waals surface area contributed by atoms with E-state index in [1.165, 1.54) is 10.7 Å². The molecule has 0 aliphatic carbocycles. The average Bonchev–Trinajstić information content (AvgIpc) is 2.98. The zero-order valence-electron chi connectivity index (χ0n) is 15.2. The second kappa shape index (κ2) is 7.23. The molecule has 0 spiro atoms. The molecule has 2 atom stereocenters. The number of sulfonamides is 1. The molecule has 2 aliphatic rings. The van der Waals surface area contributed by atoms with Gasteiger partial charge < -0.3 is 9.84 Å². The van der Waals surface area contributed by atoms with Gasteiger partial charge >= 0.3 is 0 Å². The monoisotopic (exact) mass is 368 g/mol. The van der Waals surface area contributed by atoms with E-state index in [2.05, 4.69) is 4.90 Å². The lowest BCUT2D eigenvalue weighted by atomic mass is 10.1. The molecular formula is C18H28N2O4S. The fourth-order valence-electron chi connectivity index (χ4n) is 3.99. The number of hydrogen-bond acceptors (Lipinski definition) is 5. The van der Waals surface area contributed by atoms with Crippen LogP contribution in [0.2, 0.25) is 0 Å². The lowest BCUT2D eigenvalue weighted by molar-refractivity contribution is 0.0706. The van der Waals surface area contributed by atoms with Crippen LogP contribution in [0.5, 0.6) is 5.75 Å². The van der Waals surface area contributed by atoms with Gasteiger partial charge in [-0.05, 0) is 50.9 Å². The molecule has 2 aliphatic heterocycles. The molecule has 0 unspecified atom stereocenters. The number of aryl methyl sites for hydroxylation is 2. The van der Waals surface area contributed by atoms with Crippen molar-refractivity contribution in [2.75, 3.05) is 33.3 Å². The second-order valence-electron chi connectivity index (χ2n) is 7.14. The fraction of sp³-hybridized carbons (Fsp3) is 0.667. The van der Waals surface area contributed by atoms with Crippen LogP contribution in [0.4, 0.5) is 0 Å². The number of hydrogen-bond donors (Lipinski definition) is 1. The van der Waals surface area contributed by atoms with Gasteiger partial charge in [0, 0.05) is 19.2 Å². The van der Waals surface area contributed by atoms with Gasteiger partial charge in [0.1, 0.15) is 5.75 Å². The average molecular weight is 368 g/mol. The van der Waals surface area contributed by atoms with Crippen LogP contribution in [-0.4, -0.2) is 68.2 Å². The molecule has 7 heteroatoms. The standard InChI is InChI=1S/C18H28N2O4S/c1-13-9-14(2)18(10-17(13)24-3)25(22,23)20-11-15(16(21)12-20)19-7-5-4-6-8-19/h9-10,15-16,21H,4-8,11-12H2,1-3H3/t15-,16-/m0/s1. The summed E-state index contributed by atoms with van der Waals surface area (Å²) in [6.45, 7) is 6.07. The minimum atomic E-state index is -3.66. The van der Waals surface area contributed by atoms with Crippen LogP contribution < -0.4 is 4.74 Å². The largest absolute Gasteiger partial charge is 0.496 e. The van der Waals surface area contributed by atoms with Gasteiger partial charge in [-0.1, -0.05) is 12.5 Å². The van der Waals surface area contributed by atoms with E-state index < -0.39 is 16.1 Å². The highest BCUT2D eigenvalue weighted by atomic mass is 32.2. The summed E-state index contributed by atoms with van der Waals surface area (Å²) in [6, 6.07) is 3.32. The Kier molecular flexibility index (Phi) is 5.39. The van der Waals surface area contributed by atoms with Crippen LogP contribution in [0.15, 0.2) is 17.0 Å². The molecule has 2 fully saturated rings. The Labute approximate surface area is 150 Å². The van der Waals surface area contributed by atoms with Crippen molar-refractivity contribution < 1.29 is 18.3 Å². The third kappa shape index (κ3) is 3.56. The highest BCUT2D eigenvalue weighted by Gasteiger charge is 2.41. The number of rotatable bonds is 4. The number of methoxy groups -OCH3 is 1. The van der Waals surface area contributed by atoms with Crippen molar-refractivity contribution in [1.29, 1.82) is 0 Å². The Hall–Kier alpha value is -1.15. The van der Waals surface area contributed by atoms with Crippen molar-refractivity contribution in [3.8, 4) is 5.75 Å². The number of β-amino-alcohol motifs (C(OH)–C–C–N with tert-alkyl or cyclic N) is 1. The van der Waals surface area contributed by atoms with Crippen molar-refractivity contribution in [2.45, 2.75) is 50.2 Å². The van der Waals surface area contributed by atoms with Crippen molar-refractivity contribution in [1.82, 2.24) is 9.21 Å². The first-order chi connectivity index (χ1) is 11.8. The van der Waals surface area contributed by atoms with Crippen molar-refractivity contribution in [3.63, 3.8) is 0 Å². The van der Waals surface area contributed by atoms with E-state index in [0.717, 1.165) is 31.5 Å². The summed E-state index contributed by atoms with van der Waals surface area (Å²) in [6.07, 6.45) is 2.80. The van der Waals surface area contributed by atoms with Gasteiger partial charge in [0.25, 0.3) is 0 Å². The topological polar surface area (TPSA) is 70.1 Å². The van der Waals surface area contributed by atoms with E-state index >= 15 is 0 Å². The fourth-order valence-corrected chi connectivity index (χ4v) is 5.69. The van der Waals surface area contributed by atoms with Gasteiger partial charge in [-0.15, -0.1) is 0 Å². The minimum absolute atomic E-state index is 0.109. The summed E-state index contributed by atoms with van der Waals surface area (Å²) in [4.78, 5) is 2.51. The summed E-state index contributed by atoms with van der Waals surface area (Å²) in [7, 11) is -2.11. The number of aliphatic hydroxyl groups excluding tert-OH is 1. The van der Waals surface area contributed by atoms with Crippen LogP contribution in [-0.2, 0) is 10.0 Å². The number of ether oxygens (including phenoxy) is 1. The first-order valence-electron chi connectivity index (χ1n) is 8.92. The number of likely N-dealkylation sites (tertiary alicyclic amines) is 1. The molecule has 0 saturated carbocycles. The minimum Gasteiger partial charge on any atom is -0.496 e. The normalized spacial score (nSPS) is 26.1. The van der Waals surface area contributed by atoms with Gasteiger partial charge in [0.05, 0.1) is 24.2 Å². The molecule has 0 bridgehead atoms. The van der Waals surface area contributed by atoms with Crippen LogP contribution in [0.1, 0.15) is 30.4 Å². The third-order valence-electron chi connectivity index (χ3n) is 5.40. The molecule has 1 aromatic carbocycles. The summed E-state index contributed by atoms with van der Waals surface area (Å²) >= 11 is 0. The number of piperidine rings is 1. The lowest BCUT2D eigenvalue weighted by Gasteiger charge is -2.33. The Bertz CT molecular complexity index is 729. The van der Waals surface area contributed by atoms with Crippen molar-refractivity contribution in [2.24, 2.45) is 0 Å². The summed E-state index contributed by atoms with van der Waals surface area (Å²) in [5.41, 5.74) is 1.61. The van der Waals surface area contributed by atoms with Crippen molar-refractivity contribution in [3.05, 3.63) is 23.3 Å². The van der Waals surface area contributed by atoms with Crippen LogP contribution in [0, 0.1) is 13.8 Å². The molecule has 140 valence electrons. The Morgan fingerprint density at radius 1 is 1.08 bits per heavy atom. The smallest absolute Gasteiger partial charge is 0.243 e. The van der Waals surface area contributed by atoms with Crippen LogP contribution in [0.25, 0.3) is 0 Å². The molecule has 1 N–H and O–H groups in total. The molecular weight excluding hydrogens is 340 g/mol. The quantitative estimate of drug-likeness (QED) is 0.873.